The van der Waals surface area contributed by atoms with Crippen molar-refractivity contribution in [2.45, 2.75) is 45.6 Å². The highest BCUT2D eigenvalue weighted by Crippen LogP contribution is 2.37. The average Bonchev–Trinajstić information content (AvgIpc) is 3.23. The number of benzene rings is 1. The van der Waals surface area contributed by atoms with Gasteiger partial charge in [0.2, 0.25) is 0 Å². The minimum Gasteiger partial charge on any atom is -0.496 e. The Morgan fingerprint density at radius 1 is 1.42 bits per heavy atom. The summed E-state index contributed by atoms with van der Waals surface area (Å²) in [5.41, 5.74) is 1.77. The summed E-state index contributed by atoms with van der Waals surface area (Å²) in [4.78, 5) is 14.4. The van der Waals surface area contributed by atoms with Crippen LogP contribution < -0.4 is 9.64 Å². The number of unbranched alkanes of at least 4 members (excludes halogenated alkanes) is 1. The van der Waals surface area contributed by atoms with Gasteiger partial charge >= 0.3 is 0 Å². The molecule has 1 saturated carbocycles. The number of methoxy groups -OCH3 is 1. The van der Waals surface area contributed by atoms with E-state index in [1.807, 2.05) is 18.2 Å². The third-order valence-electron chi connectivity index (χ3n) is 3.63. The van der Waals surface area contributed by atoms with Crippen molar-refractivity contribution in [1.82, 2.24) is 0 Å². The van der Waals surface area contributed by atoms with E-state index in [-0.39, 0.29) is 5.78 Å². The summed E-state index contributed by atoms with van der Waals surface area (Å²) in [6.45, 7) is 4.84. The van der Waals surface area contributed by atoms with Crippen LogP contribution in [0.3, 0.4) is 0 Å². The quantitative estimate of drug-likeness (QED) is 0.701. The second-order valence-electron chi connectivity index (χ2n) is 5.19. The summed E-state index contributed by atoms with van der Waals surface area (Å²) < 4.78 is 5.35. The average molecular weight is 261 g/mol. The topological polar surface area (TPSA) is 29.5 Å². The van der Waals surface area contributed by atoms with Crippen LogP contribution in [0.15, 0.2) is 18.2 Å². The first-order chi connectivity index (χ1) is 9.19. The molecular weight excluding hydrogens is 238 g/mol. The number of carbonyl (C=O) groups is 1. The van der Waals surface area contributed by atoms with Crippen molar-refractivity contribution >= 4 is 11.5 Å². The van der Waals surface area contributed by atoms with Crippen LogP contribution in [0, 0.1) is 0 Å². The van der Waals surface area contributed by atoms with Gasteiger partial charge in [-0.05, 0) is 38.3 Å². The molecule has 1 aromatic rings. The second kappa shape index (κ2) is 6.09. The summed E-state index contributed by atoms with van der Waals surface area (Å²) in [6, 6.07) is 6.50. The molecule has 2 rings (SSSR count). The zero-order chi connectivity index (χ0) is 13.8. The highest BCUT2D eigenvalue weighted by Gasteiger charge is 2.31. The first-order valence-corrected chi connectivity index (χ1v) is 7.13. The van der Waals surface area contributed by atoms with Crippen molar-refractivity contribution in [3.63, 3.8) is 0 Å². The third kappa shape index (κ3) is 3.09. The number of ketones is 1. The summed E-state index contributed by atoms with van der Waals surface area (Å²) in [5.74, 6) is 0.766. The molecule has 0 N–H and O–H groups in total. The van der Waals surface area contributed by atoms with E-state index < -0.39 is 0 Å². The molecule has 0 radical (unpaired) electrons. The van der Waals surface area contributed by atoms with Crippen LogP contribution in [0.25, 0.3) is 0 Å². The molecule has 104 valence electrons. The van der Waals surface area contributed by atoms with Gasteiger partial charge in [0.1, 0.15) is 5.75 Å². The Morgan fingerprint density at radius 3 is 2.68 bits per heavy atom. The fourth-order valence-corrected chi connectivity index (χ4v) is 2.50. The maximum Gasteiger partial charge on any atom is 0.165 e. The van der Waals surface area contributed by atoms with Crippen LogP contribution in [-0.4, -0.2) is 25.5 Å². The van der Waals surface area contributed by atoms with Crippen LogP contribution in [0.2, 0.25) is 0 Å². The lowest BCUT2D eigenvalue weighted by molar-refractivity contribution is 0.101. The number of nitrogens with zero attached hydrogens (tertiary/aromatic N) is 1. The van der Waals surface area contributed by atoms with Crippen LogP contribution >= 0.6 is 0 Å². The molecule has 0 spiro atoms. The first-order valence-electron chi connectivity index (χ1n) is 7.13. The van der Waals surface area contributed by atoms with Gasteiger partial charge in [-0.25, -0.2) is 0 Å². The first kappa shape index (κ1) is 13.9. The Morgan fingerprint density at radius 2 is 2.16 bits per heavy atom. The molecule has 19 heavy (non-hydrogen) atoms. The van der Waals surface area contributed by atoms with E-state index in [1.54, 1.807) is 14.0 Å². The molecule has 0 atom stereocenters. The lowest BCUT2D eigenvalue weighted by Crippen LogP contribution is -2.28. The molecule has 0 unspecified atom stereocenters. The molecule has 0 aromatic heterocycles. The van der Waals surface area contributed by atoms with Gasteiger partial charge in [-0.1, -0.05) is 19.4 Å². The molecule has 0 bridgehead atoms. The smallest absolute Gasteiger partial charge is 0.165 e. The molecule has 0 saturated heterocycles. The van der Waals surface area contributed by atoms with Gasteiger partial charge in [-0.3, -0.25) is 4.79 Å². The summed E-state index contributed by atoms with van der Waals surface area (Å²) >= 11 is 0. The normalized spacial score (nSPS) is 14.3. The van der Waals surface area contributed by atoms with Crippen molar-refractivity contribution in [3.05, 3.63) is 23.8 Å². The summed E-state index contributed by atoms with van der Waals surface area (Å²) in [5, 5.41) is 0. The van der Waals surface area contributed by atoms with Gasteiger partial charge in [-0.15, -0.1) is 0 Å². The predicted octanol–water partition coefficient (Wildman–Crippen LogP) is 3.67. The van der Waals surface area contributed by atoms with E-state index in [0.29, 0.717) is 11.8 Å². The Balaban J connectivity index is 2.37. The number of rotatable bonds is 7. The molecule has 1 aliphatic rings. The maximum absolute atomic E-state index is 12.0. The Hall–Kier alpha value is -1.51. The molecule has 0 aliphatic heterocycles. The maximum atomic E-state index is 12.0. The van der Waals surface area contributed by atoms with Gasteiger partial charge in [0.15, 0.2) is 5.78 Å². The zero-order valence-electron chi connectivity index (χ0n) is 12.1. The van der Waals surface area contributed by atoms with Crippen LogP contribution in [0.1, 0.15) is 49.9 Å². The lowest BCUT2D eigenvalue weighted by Gasteiger charge is -2.27. The van der Waals surface area contributed by atoms with Crippen LogP contribution in [0.4, 0.5) is 5.69 Å². The van der Waals surface area contributed by atoms with Gasteiger partial charge < -0.3 is 9.64 Å². The van der Waals surface area contributed by atoms with Crippen LogP contribution in [0.5, 0.6) is 5.75 Å². The largest absolute Gasteiger partial charge is 0.496 e. The molecule has 0 heterocycles. The number of carbonyl (C=O) groups excluding carboxylic acids is 1. The molecule has 3 heteroatoms. The third-order valence-corrected chi connectivity index (χ3v) is 3.63. The van der Waals surface area contributed by atoms with Gasteiger partial charge in [0.05, 0.1) is 18.4 Å². The zero-order valence-corrected chi connectivity index (χ0v) is 12.1. The number of hydrogen-bond acceptors (Lipinski definition) is 3. The van der Waals surface area contributed by atoms with Crippen molar-refractivity contribution in [1.29, 1.82) is 0 Å². The number of ether oxygens (including phenoxy) is 1. The fraction of sp³-hybridized carbons (Fsp3) is 0.562. The highest BCUT2D eigenvalue weighted by molar-refractivity contribution is 6.02. The molecule has 1 fully saturated rings. The van der Waals surface area contributed by atoms with Crippen molar-refractivity contribution in [2.75, 3.05) is 18.6 Å². The minimum atomic E-state index is 0.0783. The number of Topliss-reactive ketones (excluding diaryl/α,β-unsaturated/α-hetero) is 1. The van der Waals surface area contributed by atoms with Gasteiger partial charge in [0.25, 0.3) is 0 Å². The Labute approximate surface area is 115 Å². The van der Waals surface area contributed by atoms with Crippen molar-refractivity contribution in [3.8, 4) is 5.75 Å². The molecule has 0 amide bonds. The SMILES string of the molecule is CCCCN(c1cccc(OC)c1C(C)=O)C1CC1. The van der Waals surface area contributed by atoms with E-state index >= 15 is 0 Å². The van der Waals surface area contributed by atoms with Crippen molar-refractivity contribution in [2.24, 2.45) is 0 Å². The van der Waals surface area contributed by atoms with E-state index in [1.165, 1.54) is 19.3 Å². The van der Waals surface area contributed by atoms with Gasteiger partial charge in [0, 0.05) is 12.6 Å². The predicted molar refractivity (Wildman–Crippen MR) is 78.3 cm³/mol. The van der Waals surface area contributed by atoms with Gasteiger partial charge in [-0.2, -0.15) is 0 Å². The Kier molecular flexibility index (Phi) is 4.46. The van der Waals surface area contributed by atoms with Crippen molar-refractivity contribution < 1.29 is 9.53 Å². The molecule has 3 nitrogen and oxygen atoms in total. The summed E-state index contributed by atoms with van der Waals surface area (Å²) in [6.07, 6.45) is 4.80. The number of anilines is 1. The molecular formula is C16H23NO2. The lowest BCUT2D eigenvalue weighted by atomic mass is 10.1. The standard InChI is InChI=1S/C16H23NO2/c1-4-5-11-17(13-9-10-13)14-7-6-8-15(19-3)16(14)12(2)18/h6-8,13H,4-5,9-11H2,1-3H3. The minimum absolute atomic E-state index is 0.0783. The number of hydrogen-bond donors (Lipinski definition) is 0. The Bertz CT molecular complexity index is 452. The van der Waals surface area contributed by atoms with Crippen LogP contribution in [-0.2, 0) is 0 Å². The fourth-order valence-electron chi connectivity index (χ4n) is 2.50. The van der Waals surface area contributed by atoms with E-state index in [2.05, 4.69) is 11.8 Å². The summed E-state index contributed by atoms with van der Waals surface area (Å²) in [7, 11) is 1.62. The molecule has 1 aromatic carbocycles. The second-order valence-corrected chi connectivity index (χ2v) is 5.19. The molecule has 1 aliphatic carbocycles. The van der Waals surface area contributed by atoms with E-state index in [9.17, 15) is 4.79 Å². The van der Waals surface area contributed by atoms with E-state index in [0.717, 1.165) is 24.2 Å². The highest BCUT2D eigenvalue weighted by atomic mass is 16.5. The van der Waals surface area contributed by atoms with E-state index in [4.69, 9.17) is 4.74 Å². The monoisotopic (exact) mass is 261 g/mol.